The number of aromatic nitrogens is 1. The Morgan fingerprint density at radius 2 is 1.85 bits per heavy atom. The number of hydrogen-bond acceptors (Lipinski definition) is 6. The molecule has 0 saturated carbocycles. The van der Waals surface area contributed by atoms with E-state index < -0.39 is 10.0 Å². The van der Waals surface area contributed by atoms with Crippen molar-refractivity contribution in [3.63, 3.8) is 0 Å². The van der Waals surface area contributed by atoms with E-state index in [0.29, 0.717) is 21.9 Å². The van der Waals surface area contributed by atoms with Crippen LogP contribution in [0.4, 0.5) is 0 Å². The summed E-state index contributed by atoms with van der Waals surface area (Å²) in [7, 11) is 1.42. The maximum Gasteiger partial charge on any atom is 0.258 e. The van der Waals surface area contributed by atoms with Gasteiger partial charge in [0.25, 0.3) is 15.9 Å². The average Bonchev–Trinajstić information content (AvgIpc) is 3.26. The Bertz CT molecular complexity index is 1340. The zero-order valence-electron chi connectivity index (χ0n) is 19.2. The number of nitrogens with one attached hydrogen (secondary N) is 1. The van der Waals surface area contributed by atoms with Gasteiger partial charge in [0.2, 0.25) is 0 Å². The van der Waals surface area contributed by atoms with Crippen LogP contribution >= 0.6 is 11.6 Å². The first-order valence-electron chi connectivity index (χ1n) is 10.7. The van der Waals surface area contributed by atoms with E-state index in [1.807, 2.05) is 14.1 Å². The molecule has 9 nitrogen and oxygen atoms in total. The largest absolute Gasteiger partial charge is 0.496 e. The van der Waals surface area contributed by atoms with Gasteiger partial charge in [0, 0.05) is 56.2 Å². The quantitative estimate of drug-likeness (QED) is 0.412. The number of carbonyl (C=O) groups excluding carboxylic acids is 1. The zero-order chi connectivity index (χ0) is 24.5. The van der Waals surface area contributed by atoms with Gasteiger partial charge in [-0.1, -0.05) is 17.7 Å². The molecule has 0 bridgehead atoms. The van der Waals surface area contributed by atoms with Crippen LogP contribution in [0.5, 0.6) is 5.75 Å². The molecule has 180 valence electrons. The molecule has 1 aliphatic rings. The molecule has 4 rings (SSSR count). The van der Waals surface area contributed by atoms with Crippen LogP contribution in [-0.4, -0.2) is 87.1 Å². The Labute approximate surface area is 203 Å². The fourth-order valence-corrected chi connectivity index (χ4v) is 5.42. The van der Waals surface area contributed by atoms with Gasteiger partial charge >= 0.3 is 0 Å². The summed E-state index contributed by atoms with van der Waals surface area (Å²) in [6.45, 7) is 0.939. The lowest BCUT2D eigenvalue weighted by atomic mass is 10.1. The number of fused-ring (bicyclic) bond motifs is 1. The van der Waals surface area contributed by atoms with E-state index in [1.54, 1.807) is 58.6 Å². The summed E-state index contributed by atoms with van der Waals surface area (Å²) in [6.07, 6.45) is 1.68. The van der Waals surface area contributed by atoms with Crippen molar-refractivity contribution >= 4 is 44.6 Å². The van der Waals surface area contributed by atoms with Crippen LogP contribution in [0.2, 0.25) is 5.02 Å². The zero-order valence-corrected chi connectivity index (χ0v) is 20.7. The smallest absolute Gasteiger partial charge is 0.258 e. The molecular weight excluding hydrogens is 478 g/mol. The Balaban J connectivity index is 1.47. The van der Waals surface area contributed by atoms with E-state index in [4.69, 9.17) is 16.3 Å². The van der Waals surface area contributed by atoms with Gasteiger partial charge in [-0.3, -0.25) is 4.79 Å². The second-order valence-electron chi connectivity index (χ2n) is 8.11. The number of piperazine rings is 1. The van der Waals surface area contributed by atoms with E-state index >= 15 is 0 Å². The Morgan fingerprint density at radius 3 is 2.53 bits per heavy atom. The van der Waals surface area contributed by atoms with Crippen molar-refractivity contribution in [2.24, 2.45) is 5.10 Å². The first kappa shape index (κ1) is 24.1. The highest BCUT2D eigenvalue weighted by atomic mass is 35.5. The van der Waals surface area contributed by atoms with Crippen molar-refractivity contribution in [2.45, 2.75) is 5.03 Å². The number of nitrogens with zero attached hydrogens (tertiary/aromatic N) is 4. The summed E-state index contributed by atoms with van der Waals surface area (Å²) in [5.41, 5.74) is 1.92. The molecule has 1 aromatic heterocycles. The highest BCUT2D eigenvalue weighted by Crippen LogP contribution is 2.26. The number of ether oxygens (including phenoxy) is 1. The molecule has 2 aromatic carbocycles. The van der Waals surface area contributed by atoms with Gasteiger partial charge < -0.3 is 19.6 Å². The highest BCUT2D eigenvalue weighted by Gasteiger charge is 2.32. The van der Waals surface area contributed by atoms with Gasteiger partial charge in [-0.25, -0.2) is 8.42 Å². The number of hydrogen-bond donors (Lipinski definition) is 1. The molecule has 0 radical (unpaired) electrons. The van der Waals surface area contributed by atoms with Crippen LogP contribution in [0.25, 0.3) is 10.9 Å². The number of rotatable bonds is 6. The Morgan fingerprint density at radius 1 is 1.12 bits per heavy atom. The monoisotopic (exact) mass is 503 g/mol. The van der Waals surface area contributed by atoms with Crippen LogP contribution in [-0.2, 0) is 10.0 Å². The van der Waals surface area contributed by atoms with E-state index in [2.05, 4.69) is 10.1 Å². The molecule has 1 N–H and O–H groups in total. The van der Waals surface area contributed by atoms with Gasteiger partial charge in [0.1, 0.15) is 10.8 Å². The molecule has 3 aromatic rings. The summed E-state index contributed by atoms with van der Waals surface area (Å²) in [6, 6.07) is 12.0. The standard InChI is InChI=1S/C23H26ClN5O4S/c1-27(2)25-15-16-4-6-19(21(12-16)33-3)23(30)28-8-10-29(11-9-28)34(31,32)22-14-17-13-18(24)5-7-20(17)26-22/h4-7,12-15,26H,8-11H2,1-3H3/b25-15+. The molecule has 0 aliphatic carbocycles. The van der Waals surface area contributed by atoms with Crippen molar-refractivity contribution < 1.29 is 17.9 Å². The van der Waals surface area contributed by atoms with Crippen LogP contribution < -0.4 is 4.74 Å². The average molecular weight is 504 g/mol. The van der Waals surface area contributed by atoms with Gasteiger partial charge in [0.05, 0.1) is 18.9 Å². The Hall–Kier alpha value is -3.08. The lowest BCUT2D eigenvalue weighted by Gasteiger charge is -2.34. The lowest BCUT2D eigenvalue weighted by Crippen LogP contribution is -2.50. The van der Waals surface area contributed by atoms with Gasteiger partial charge in [-0.05, 0) is 42.0 Å². The number of halogens is 1. The van der Waals surface area contributed by atoms with Crippen LogP contribution in [0.1, 0.15) is 15.9 Å². The third kappa shape index (κ3) is 4.89. The summed E-state index contributed by atoms with van der Waals surface area (Å²) in [5, 5.41) is 7.24. The molecule has 0 spiro atoms. The van der Waals surface area contributed by atoms with Gasteiger partial charge in [0.15, 0.2) is 0 Å². The van der Waals surface area contributed by atoms with Gasteiger partial charge in [-0.2, -0.15) is 9.41 Å². The third-order valence-corrected chi connectivity index (χ3v) is 7.65. The highest BCUT2D eigenvalue weighted by molar-refractivity contribution is 7.89. The van der Waals surface area contributed by atoms with Crippen molar-refractivity contribution in [3.8, 4) is 5.75 Å². The number of hydrazone groups is 1. The summed E-state index contributed by atoms with van der Waals surface area (Å²) < 4.78 is 33.1. The Kier molecular flexibility index (Phi) is 6.83. The number of benzene rings is 2. The van der Waals surface area contributed by atoms with E-state index in [9.17, 15) is 13.2 Å². The molecule has 1 aliphatic heterocycles. The van der Waals surface area contributed by atoms with Crippen molar-refractivity contribution in [2.75, 3.05) is 47.4 Å². The maximum absolute atomic E-state index is 13.2. The van der Waals surface area contributed by atoms with E-state index in [1.165, 1.54) is 11.4 Å². The number of methoxy groups -OCH3 is 1. The van der Waals surface area contributed by atoms with E-state index in [0.717, 1.165) is 10.9 Å². The number of carbonyl (C=O) groups is 1. The second kappa shape index (κ2) is 9.65. The molecule has 2 heterocycles. The second-order valence-corrected chi connectivity index (χ2v) is 10.5. The molecule has 0 atom stereocenters. The number of aromatic amines is 1. The molecule has 1 amide bonds. The predicted molar refractivity (Wildman–Crippen MR) is 132 cm³/mol. The molecule has 34 heavy (non-hydrogen) atoms. The third-order valence-electron chi connectivity index (χ3n) is 5.60. The first-order valence-corrected chi connectivity index (χ1v) is 12.5. The molecule has 1 saturated heterocycles. The minimum Gasteiger partial charge on any atom is -0.496 e. The fraction of sp³-hybridized carbons (Fsp3) is 0.304. The minimum atomic E-state index is -3.73. The lowest BCUT2D eigenvalue weighted by molar-refractivity contribution is 0.0694. The minimum absolute atomic E-state index is 0.112. The van der Waals surface area contributed by atoms with Crippen molar-refractivity contribution in [1.82, 2.24) is 19.2 Å². The normalized spacial score (nSPS) is 15.2. The predicted octanol–water partition coefficient (Wildman–Crippen LogP) is 2.87. The maximum atomic E-state index is 13.2. The number of amides is 1. The fourth-order valence-electron chi connectivity index (χ4n) is 3.80. The number of sulfonamides is 1. The van der Waals surface area contributed by atoms with Crippen LogP contribution in [0.15, 0.2) is 52.6 Å². The van der Waals surface area contributed by atoms with Crippen molar-refractivity contribution in [3.05, 3.63) is 58.6 Å². The first-order chi connectivity index (χ1) is 16.2. The van der Waals surface area contributed by atoms with Gasteiger partial charge in [-0.15, -0.1) is 0 Å². The van der Waals surface area contributed by atoms with Crippen LogP contribution in [0, 0.1) is 0 Å². The van der Waals surface area contributed by atoms with E-state index in [-0.39, 0.29) is 37.1 Å². The summed E-state index contributed by atoms with van der Waals surface area (Å²) in [5.74, 6) is 0.241. The summed E-state index contributed by atoms with van der Waals surface area (Å²) >= 11 is 6.02. The molecule has 11 heteroatoms. The molecule has 1 fully saturated rings. The number of H-pyrrole nitrogens is 1. The van der Waals surface area contributed by atoms with Crippen molar-refractivity contribution in [1.29, 1.82) is 0 Å². The van der Waals surface area contributed by atoms with Crippen LogP contribution in [0.3, 0.4) is 0 Å². The SMILES string of the molecule is COc1cc(/C=N/N(C)C)ccc1C(=O)N1CCN(S(=O)(=O)c2cc3cc(Cl)ccc3[nH]2)CC1. The molecular formula is C23H26ClN5O4S. The summed E-state index contributed by atoms with van der Waals surface area (Å²) in [4.78, 5) is 17.8. The molecule has 0 unspecified atom stereocenters. The topological polar surface area (TPSA) is 98.3 Å².